The van der Waals surface area contributed by atoms with Crippen LogP contribution in [0.3, 0.4) is 0 Å². The first kappa shape index (κ1) is 17.2. The molecule has 0 spiro atoms. The minimum absolute atomic E-state index is 0.645. The number of hydrogen-bond donors (Lipinski definition) is 2. The molecule has 1 heterocycles. The fourth-order valence-corrected chi connectivity index (χ4v) is 4.46. The molecule has 2 N–H and O–H groups in total. The summed E-state index contributed by atoms with van der Waals surface area (Å²) in [6.07, 6.45) is 8.42. The van der Waals surface area contributed by atoms with E-state index in [2.05, 4.69) is 43.2 Å². The van der Waals surface area contributed by atoms with Crippen LogP contribution in [0.1, 0.15) is 66.2 Å². The summed E-state index contributed by atoms with van der Waals surface area (Å²) in [4.78, 5) is 2.59. The molecule has 0 aromatic carbocycles. The molecule has 1 saturated heterocycles. The molecule has 0 amide bonds. The number of rotatable bonds is 7. The van der Waals surface area contributed by atoms with E-state index in [-0.39, 0.29) is 0 Å². The summed E-state index contributed by atoms with van der Waals surface area (Å²) in [6.45, 7) is 12.8. The van der Waals surface area contributed by atoms with Crippen LogP contribution in [0.25, 0.3) is 0 Å². The summed E-state index contributed by atoms with van der Waals surface area (Å²) in [5.41, 5.74) is 0. The number of piperidine rings is 1. The van der Waals surface area contributed by atoms with E-state index in [0.29, 0.717) is 12.1 Å². The number of nitrogens with one attached hydrogen (secondary N) is 2. The lowest BCUT2D eigenvalue weighted by Crippen LogP contribution is -2.49. The maximum absolute atomic E-state index is 3.89. The highest BCUT2D eigenvalue weighted by atomic mass is 15.2. The van der Waals surface area contributed by atoms with Crippen molar-refractivity contribution in [3.05, 3.63) is 0 Å². The molecule has 2 fully saturated rings. The summed E-state index contributed by atoms with van der Waals surface area (Å²) >= 11 is 0. The smallest absolute Gasteiger partial charge is 0.0112 e. The normalized spacial score (nSPS) is 30.7. The van der Waals surface area contributed by atoms with Crippen molar-refractivity contribution in [1.29, 1.82) is 0 Å². The number of hydrogen-bond acceptors (Lipinski definition) is 3. The highest BCUT2D eigenvalue weighted by molar-refractivity contribution is 4.92. The van der Waals surface area contributed by atoms with Crippen LogP contribution < -0.4 is 10.6 Å². The molecule has 3 nitrogen and oxygen atoms in total. The molecule has 1 aliphatic carbocycles. The summed E-state index contributed by atoms with van der Waals surface area (Å²) in [5, 5.41) is 7.66. The van der Waals surface area contributed by atoms with Crippen LogP contribution in [0.5, 0.6) is 0 Å². The summed E-state index contributed by atoms with van der Waals surface area (Å²) < 4.78 is 0. The molecule has 0 radical (unpaired) electrons. The maximum Gasteiger partial charge on any atom is 0.0112 e. The van der Waals surface area contributed by atoms with Crippen LogP contribution in [-0.2, 0) is 0 Å². The molecule has 2 rings (SSSR count). The Balaban J connectivity index is 1.76. The van der Waals surface area contributed by atoms with E-state index in [1.165, 1.54) is 51.6 Å². The van der Waals surface area contributed by atoms with Crippen LogP contribution in [-0.4, -0.2) is 48.7 Å². The van der Waals surface area contributed by atoms with Crippen molar-refractivity contribution in [2.45, 2.75) is 90.4 Å². The van der Waals surface area contributed by atoms with Gasteiger partial charge in [-0.2, -0.15) is 0 Å². The standard InChI is InChI=1S/C18H37N3/c1-14(2)21(15(3)4)13-12-20-18-10-7-8-16(18)17-9-5-6-11-19-17/h14-20H,5-13H2,1-4H3. The molecule has 0 aromatic heterocycles. The van der Waals surface area contributed by atoms with Gasteiger partial charge in [-0.15, -0.1) is 0 Å². The molecule has 1 aliphatic heterocycles. The average Bonchev–Trinajstić information content (AvgIpc) is 2.92. The van der Waals surface area contributed by atoms with Gasteiger partial charge >= 0.3 is 0 Å². The molecule has 3 unspecified atom stereocenters. The predicted molar refractivity (Wildman–Crippen MR) is 91.8 cm³/mol. The Bertz CT molecular complexity index is 276. The maximum atomic E-state index is 3.89. The van der Waals surface area contributed by atoms with Gasteiger partial charge in [0.1, 0.15) is 0 Å². The lowest BCUT2D eigenvalue weighted by atomic mass is 9.88. The first-order valence-electron chi connectivity index (χ1n) is 9.32. The Kier molecular flexibility index (Phi) is 6.97. The molecular formula is C18H37N3. The van der Waals surface area contributed by atoms with Crippen LogP contribution in [0, 0.1) is 5.92 Å². The first-order chi connectivity index (χ1) is 10.1. The zero-order chi connectivity index (χ0) is 15.2. The van der Waals surface area contributed by atoms with Crippen molar-refractivity contribution >= 4 is 0 Å². The van der Waals surface area contributed by atoms with Gasteiger partial charge in [-0.3, -0.25) is 4.90 Å². The van der Waals surface area contributed by atoms with Crippen molar-refractivity contribution in [3.8, 4) is 0 Å². The van der Waals surface area contributed by atoms with E-state index in [4.69, 9.17) is 0 Å². The van der Waals surface area contributed by atoms with E-state index >= 15 is 0 Å². The summed E-state index contributed by atoms with van der Waals surface area (Å²) in [7, 11) is 0. The Labute approximate surface area is 132 Å². The highest BCUT2D eigenvalue weighted by Crippen LogP contribution is 2.31. The van der Waals surface area contributed by atoms with Gasteiger partial charge < -0.3 is 10.6 Å². The van der Waals surface area contributed by atoms with Crippen molar-refractivity contribution in [1.82, 2.24) is 15.5 Å². The SMILES string of the molecule is CC(C)N(CCNC1CCCC1C1CCCCN1)C(C)C. The quantitative estimate of drug-likeness (QED) is 0.756. The molecule has 0 bridgehead atoms. The molecule has 2 aliphatic rings. The highest BCUT2D eigenvalue weighted by Gasteiger charge is 2.33. The Morgan fingerprint density at radius 3 is 2.38 bits per heavy atom. The monoisotopic (exact) mass is 295 g/mol. The Morgan fingerprint density at radius 1 is 1.00 bits per heavy atom. The van der Waals surface area contributed by atoms with Gasteiger partial charge in [-0.05, 0) is 65.8 Å². The molecule has 1 saturated carbocycles. The zero-order valence-corrected chi connectivity index (χ0v) is 14.7. The molecule has 21 heavy (non-hydrogen) atoms. The van der Waals surface area contributed by atoms with E-state index in [1.54, 1.807) is 0 Å². The van der Waals surface area contributed by atoms with E-state index in [1.807, 2.05) is 0 Å². The third-order valence-corrected chi connectivity index (χ3v) is 5.54. The van der Waals surface area contributed by atoms with Gasteiger partial charge in [0.15, 0.2) is 0 Å². The Hall–Kier alpha value is -0.120. The van der Waals surface area contributed by atoms with Crippen molar-refractivity contribution in [2.75, 3.05) is 19.6 Å². The lowest BCUT2D eigenvalue weighted by Gasteiger charge is -2.34. The van der Waals surface area contributed by atoms with Gasteiger partial charge in [0.2, 0.25) is 0 Å². The van der Waals surface area contributed by atoms with Crippen molar-refractivity contribution in [2.24, 2.45) is 5.92 Å². The predicted octanol–water partition coefficient (Wildman–Crippen LogP) is 3.01. The summed E-state index contributed by atoms with van der Waals surface area (Å²) in [5.74, 6) is 0.872. The number of nitrogens with zero attached hydrogens (tertiary/aromatic N) is 1. The van der Waals surface area contributed by atoms with E-state index < -0.39 is 0 Å². The largest absolute Gasteiger partial charge is 0.314 e. The fraction of sp³-hybridized carbons (Fsp3) is 1.00. The lowest BCUT2D eigenvalue weighted by molar-refractivity contribution is 0.169. The fourth-order valence-electron chi connectivity index (χ4n) is 4.46. The minimum Gasteiger partial charge on any atom is -0.314 e. The van der Waals surface area contributed by atoms with Gasteiger partial charge in [-0.25, -0.2) is 0 Å². The molecule has 124 valence electrons. The molecule has 3 atom stereocenters. The van der Waals surface area contributed by atoms with E-state index in [9.17, 15) is 0 Å². The second kappa shape index (κ2) is 8.50. The van der Waals surface area contributed by atoms with Crippen LogP contribution >= 0.6 is 0 Å². The van der Waals surface area contributed by atoms with Crippen LogP contribution in [0.4, 0.5) is 0 Å². The third kappa shape index (κ3) is 4.94. The Morgan fingerprint density at radius 2 is 1.76 bits per heavy atom. The van der Waals surface area contributed by atoms with Gasteiger partial charge in [0.05, 0.1) is 0 Å². The molecule has 0 aromatic rings. The summed E-state index contributed by atoms with van der Waals surface area (Å²) in [6, 6.07) is 2.82. The zero-order valence-electron chi connectivity index (χ0n) is 14.7. The van der Waals surface area contributed by atoms with Crippen molar-refractivity contribution in [3.63, 3.8) is 0 Å². The molecular weight excluding hydrogens is 258 g/mol. The van der Waals surface area contributed by atoms with Gasteiger partial charge in [0.25, 0.3) is 0 Å². The van der Waals surface area contributed by atoms with Crippen LogP contribution in [0.15, 0.2) is 0 Å². The topological polar surface area (TPSA) is 27.3 Å². The average molecular weight is 296 g/mol. The van der Waals surface area contributed by atoms with Crippen LogP contribution in [0.2, 0.25) is 0 Å². The molecule has 3 heteroatoms. The van der Waals surface area contributed by atoms with Crippen molar-refractivity contribution < 1.29 is 0 Å². The third-order valence-electron chi connectivity index (χ3n) is 5.54. The first-order valence-corrected chi connectivity index (χ1v) is 9.32. The van der Waals surface area contributed by atoms with Gasteiger partial charge in [-0.1, -0.05) is 12.8 Å². The minimum atomic E-state index is 0.645. The van der Waals surface area contributed by atoms with E-state index in [0.717, 1.165) is 24.5 Å². The van der Waals surface area contributed by atoms with Gasteiger partial charge in [0, 0.05) is 37.3 Å². The second-order valence-corrected chi connectivity index (χ2v) is 7.64. The second-order valence-electron chi connectivity index (χ2n) is 7.64.